The second-order valence-electron chi connectivity index (χ2n) is 6.82. The molecule has 26 heavy (non-hydrogen) atoms. The Morgan fingerprint density at radius 3 is 2.00 bits per heavy atom. The van der Waals surface area contributed by atoms with Gasteiger partial charge in [0.05, 0.1) is 0 Å². The van der Waals surface area contributed by atoms with Crippen molar-refractivity contribution < 1.29 is 8.78 Å². The number of rotatable bonds is 3. The number of piperazine rings is 1. The molecule has 2 aromatic heterocycles. The zero-order valence-corrected chi connectivity index (χ0v) is 14.7. The lowest BCUT2D eigenvalue weighted by atomic mass is 10.1. The molecule has 2 aliphatic rings. The van der Waals surface area contributed by atoms with Crippen molar-refractivity contribution in [1.82, 2.24) is 29.6 Å². The Morgan fingerprint density at radius 1 is 0.846 bits per heavy atom. The van der Waals surface area contributed by atoms with Gasteiger partial charge in [-0.05, 0) is 13.1 Å². The fourth-order valence-electron chi connectivity index (χ4n) is 3.16. The van der Waals surface area contributed by atoms with Crippen molar-refractivity contribution in [2.24, 2.45) is 0 Å². The van der Waals surface area contributed by atoms with E-state index in [1.165, 1.54) is 0 Å². The summed E-state index contributed by atoms with van der Waals surface area (Å²) in [4.78, 5) is 19.8. The van der Waals surface area contributed by atoms with Gasteiger partial charge in [-0.1, -0.05) is 0 Å². The monoisotopic (exact) mass is 364 g/mol. The Balaban J connectivity index is 1.65. The Bertz CT molecular complexity index is 733. The number of piperidine rings is 1. The van der Waals surface area contributed by atoms with Crippen LogP contribution in [0.5, 0.6) is 0 Å². The predicted molar refractivity (Wildman–Crippen MR) is 93.1 cm³/mol. The maximum Gasteiger partial charge on any atom is 0.257 e. The fraction of sp³-hybridized carbons (Fsp3) is 0.625. The van der Waals surface area contributed by atoms with Crippen LogP contribution in [0.4, 0.5) is 20.7 Å². The van der Waals surface area contributed by atoms with Crippen LogP contribution in [0, 0.1) is 0 Å². The van der Waals surface area contributed by atoms with E-state index in [4.69, 9.17) is 0 Å². The van der Waals surface area contributed by atoms with Gasteiger partial charge in [0.25, 0.3) is 11.9 Å². The zero-order chi connectivity index (χ0) is 18.1. The van der Waals surface area contributed by atoms with E-state index >= 15 is 0 Å². The maximum atomic E-state index is 13.5. The van der Waals surface area contributed by atoms with Gasteiger partial charge in [-0.25, -0.2) is 13.5 Å². The highest BCUT2D eigenvalue weighted by atomic mass is 19.3. The normalized spacial score (nSPS) is 21.2. The molecule has 2 aromatic rings. The lowest BCUT2D eigenvalue weighted by molar-refractivity contribution is -0.0222. The molecule has 0 bridgehead atoms. The Hall–Kier alpha value is -2.36. The third kappa shape index (κ3) is 3.59. The standard InChI is InChI=1S/C16H22F2N8/c1-23-9-11-25(12-10-23)14-20-13(24-7-3-16(17,18)4-8-24)21-15(22-14)26-6-2-5-19-26/h2,5-6H,3-4,7-12H2,1H3. The first-order valence-corrected chi connectivity index (χ1v) is 8.83. The van der Waals surface area contributed by atoms with Crippen LogP contribution < -0.4 is 9.80 Å². The molecule has 2 fully saturated rings. The van der Waals surface area contributed by atoms with Crippen LogP contribution >= 0.6 is 0 Å². The van der Waals surface area contributed by atoms with Crippen LogP contribution in [0.1, 0.15) is 12.8 Å². The number of anilines is 2. The summed E-state index contributed by atoms with van der Waals surface area (Å²) in [6.45, 7) is 3.95. The highest BCUT2D eigenvalue weighted by molar-refractivity contribution is 5.42. The second-order valence-corrected chi connectivity index (χ2v) is 6.82. The number of hydrogen-bond donors (Lipinski definition) is 0. The molecule has 0 aliphatic carbocycles. The molecule has 4 heterocycles. The van der Waals surface area contributed by atoms with Gasteiger partial charge in [0.2, 0.25) is 11.9 Å². The third-order valence-corrected chi connectivity index (χ3v) is 4.87. The average molecular weight is 364 g/mol. The topological polar surface area (TPSA) is 66.2 Å². The first-order valence-electron chi connectivity index (χ1n) is 8.83. The van der Waals surface area contributed by atoms with Crippen molar-refractivity contribution in [3.63, 3.8) is 0 Å². The van der Waals surface area contributed by atoms with Gasteiger partial charge in [0.15, 0.2) is 0 Å². The van der Waals surface area contributed by atoms with Crippen LogP contribution in [-0.2, 0) is 0 Å². The smallest absolute Gasteiger partial charge is 0.257 e. The summed E-state index contributed by atoms with van der Waals surface area (Å²) in [6.07, 6.45) is 3.05. The Labute approximate surface area is 150 Å². The molecule has 0 aromatic carbocycles. The van der Waals surface area contributed by atoms with Crippen molar-refractivity contribution in [2.45, 2.75) is 18.8 Å². The van der Waals surface area contributed by atoms with Crippen molar-refractivity contribution >= 4 is 11.9 Å². The number of nitrogens with zero attached hydrogens (tertiary/aromatic N) is 8. The molecule has 10 heteroatoms. The largest absolute Gasteiger partial charge is 0.340 e. The van der Waals surface area contributed by atoms with Crippen LogP contribution in [0.3, 0.4) is 0 Å². The number of aromatic nitrogens is 5. The molecular formula is C16H22F2N8. The van der Waals surface area contributed by atoms with Gasteiger partial charge in [-0.15, -0.1) is 0 Å². The molecule has 2 saturated heterocycles. The van der Waals surface area contributed by atoms with E-state index in [9.17, 15) is 8.78 Å². The van der Waals surface area contributed by atoms with Gasteiger partial charge in [-0.3, -0.25) is 0 Å². The highest BCUT2D eigenvalue weighted by Crippen LogP contribution is 2.29. The number of hydrogen-bond acceptors (Lipinski definition) is 7. The van der Waals surface area contributed by atoms with Crippen molar-refractivity contribution in [1.29, 1.82) is 0 Å². The Kier molecular flexibility index (Phi) is 4.43. The maximum absolute atomic E-state index is 13.5. The molecule has 140 valence electrons. The van der Waals surface area contributed by atoms with E-state index in [1.54, 1.807) is 23.1 Å². The first-order chi connectivity index (χ1) is 12.5. The summed E-state index contributed by atoms with van der Waals surface area (Å²) in [5, 5.41) is 4.19. The molecule has 0 amide bonds. The molecule has 0 N–H and O–H groups in total. The van der Waals surface area contributed by atoms with Gasteiger partial charge < -0.3 is 14.7 Å². The Morgan fingerprint density at radius 2 is 1.42 bits per heavy atom. The van der Waals surface area contributed by atoms with Crippen LogP contribution in [0.15, 0.2) is 18.5 Å². The van der Waals surface area contributed by atoms with E-state index in [-0.39, 0.29) is 25.9 Å². The van der Waals surface area contributed by atoms with Crippen molar-refractivity contribution in [2.75, 3.05) is 56.1 Å². The van der Waals surface area contributed by atoms with Crippen LogP contribution in [-0.4, -0.2) is 81.9 Å². The van der Waals surface area contributed by atoms with E-state index in [2.05, 4.69) is 36.9 Å². The molecular weight excluding hydrogens is 342 g/mol. The molecule has 0 saturated carbocycles. The minimum atomic E-state index is -2.60. The highest BCUT2D eigenvalue weighted by Gasteiger charge is 2.35. The van der Waals surface area contributed by atoms with Gasteiger partial charge in [0.1, 0.15) is 0 Å². The summed E-state index contributed by atoms with van der Waals surface area (Å²) in [5.41, 5.74) is 0. The molecule has 2 aliphatic heterocycles. The minimum Gasteiger partial charge on any atom is -0.340 e. The molecule has 0 atom stereocenters. The number of alkyl halides is 2. The third-order valence-electron chi connectivity index (χ3n) is 4.87. The fourth-order valence-corrected chi connectivity index (χ4v) is 3.16. The summed E-state index contributed by atoms with van der Waals surface area (Å²) >= 11 is 0. The van der Waals surface area contributed by atoms with Gasteiger partial charge >= 0.3 is 0 Å². The molecule has 0 radical (unpaired) electrons. The summed E-state index contributed by atoms with van der Waals surface area (Å²) in [5.74, 6) is -1.18. The molecule has 0 unspecified atom stereocenters. The number of likely N-dealkylation sites (N-methyl/N-ethyl adjacent to an activating group) is 1. The zero-order valence-electron chi connectivity index (χ0n) is 14.7. The molecule has 0 spiro atoms. The quantitative estimate of drug-likeness (QED) is 0.806. The lowest BCUT2D eigenvalue weighted by Crippen LogP contribution is -2.45. The minimum absolute atomic E-state index is 0.181. The van der Waals surface area contributed by atoms with E-state index in [0.29, 0.717) is 17.8 Å². The summed E-state index contributed by atoms with van der Waals surface area (Å²) in [7, 11) is 2.08. The van der Waals surface area contributed by atoms with Gasteiger partial charge in [-0.2, -0.15) is 20.1 Å². The SMILES string of the molecule is CN1CCN(c2nc(N3CCC(F)(F)CC3)nc(-n3cccn3)n2)CC1. The summed E-state index contributed by atoms with van der Waals surface area (Å²) < 4.78 is 28.6. The predicted octanol–water partition coefficient (Wildman–Crippen LogP) is 1.04. The second kappa shape index (κ2) is 6.75. The molecule has 8 nitrogen and oxygen atoms in total. The first kappa shape index (κ1) is 17.1. The summed E-state index contributed by atoms with van der Waals surface area (Å²) in [6, 6.07) is 1.79. The molecule has 4 rings (SSSR count). The lowest BCUT2D eigenvalue weighted by Gasteiger charge is -2.34. The van der Waals surface area contributed by atoms with E-state index in [0.717, 1.165) is 26.2 Å². The average Bonchev–Trinajstić information content (AvgIpc) is 3.17. The van der Waals surface area contributed by atoms with E-state index in [1.807, 2.05) is 4.90 Å². The number of halogens is 2. The van der Waals surface area contributed by atoms with Crippen LogP contribution in [0.25, 0.3) is 5.95 Å². The van der Waals surface area contributed by atoms with Crippen LogP contribution in [0.2, 0.25) is 0 Å². The van der Waals surface area contributed by atoms with Crippen molar-refractivity contribution in [3.8, 4) is 5.95 Å². The van der Waals surface area contributed by atoms with Gasteiger partial charge in [0, 0.05) is 64.5 Å². The van der Waals surface area contributed by atoms with Crippen molar-refractivity contribution in [3.05, 3.63) is 18.5 Å². The van der Waals surface area contributed by atoms with E-state index < -0.39 is 5.92 Å².